The van der Waals surface area contributed by atoms with E-state index < -0.39 is 5.97 Å². The lowest BCUT2D eigenvalue weighted by molar-refractivity contribution is -0.145. The lowest BCUT2D eigenvalue weighted by Crippen LogP contribution is -2.12. The minimum Gasteiger partial charge on any atom is -0.481 e. The highest BCUT2D eigenvalue weighted by atomic mass is 16.5. The largest absolute Gasteiger partial charge is 0.481 e. The number of esters is 1. The second kappa shape index (κ2) is 7.26. The Morgan fingerprint density at radius 3 is 2.20 bits per heavy atom. The van der Waals surface area contributed by atoms with E-state index in [1.54, 1.807) is 6.92 Å². The molecule has 0 bridgehead atoms. The molecule has 0 heterocycles. The van der Waals surface area contributed by atoms with Crippen LogP contribution in [0, 0.1) is 5.92 Å². The van der Waals surface area contributed by atoms with E-state index in [1.165, 1.54) is 6.92 Å². The first-order valence-electron chi connectivity index (χ1n) is 5.33. The molecule has 0 aromatic heterocycles. The maximum atomic E-state index is 10.6. The molecule has 88 valence electrons. The van der Waals surface area contributed by atoms with Crippen molar-refractivity contribution >= 4 is 11.9 Å². The Hall–Kier alpha value is -1.06. The van der Waals surface area contributed by atoms with Crippen LogP contribution in [0.4, 0.5) is 0 Å². The van der Waals surface area contributed by atoms with Crippen molar-refractivity contribution in [1.82, 2.24) is 0 Å². The van der Waals surface area contributed by atoms with E-state index in [9.17, 15) is 9.59 Å². The first-order valence-corrected chi connectivity index (χ1v) is 5.33. The Labute approximate surface area is 90.6 Å². The molecular weight excluding hydrogens is 196 g/mol. The molecule has 0 aromatic carbocycles. The maximum absolute atomic E-state index is 10.6. The molecule has 0 radical (unpaired) electrons. The number of carbonyl (C=O) groups is 2. The van der Waals surface area contributed by atoms with Gasteiger partial charge in [0.2, 0.25) is 0 Å². The van der Waals surface area contributed by atoms with Crippen molar-refractivity contribution in [2.75, 3.05) is 0 Å². The van der Waals surface area contributed by atoms with Gasteiger partial charge in [-0.2, -0.15) is 0 Å². The number of carboxylic acids is 1. The normalized spacial score (nSPS) is 14.3. The molecule has 4 nitrogen and oxygen atoms in total. The molecule has 2 unspecified atom stereocenters. The molecule has 4 heteroatoms. The quantitative estimate of drug-likeness (QED) is 0.523. The van der Waals surface area contributed by atoms with Crippen LogP contribution >= 0.6 is 0 Å². The zero-order valence-electron chi connectivity index (χ0n) is 9.66. The van der Waals surface area contributed by atoms with Crippen molar-refractivity contribution in [3.8, 4) is 0 Å². The van der Waals surface area contributed by atoms with Gasteiger partial charge in [-0.1, -0.05) is 13.3 Å². The van der Waals surface area contributed by atoms with Gasteiger partial charge in [-0.25, -0.2) is 0 Å². The van der Waals surface area contributed by atoms with Gasteiger partial charge in [0.1, 0.15) is 0 Å². The molecule has 0 spiro atoms. The second-order valence-corrected chi connectivity index (χ2v) is 3.94. The number of carboxylic acid groups (broad SMARTS) is 1. The van der Waals surface area contributed by atoms with Crippen molar-refractivity contribution < 1.29 is 19.4 Å². The van der Waals surface area contributed by atoms with Crippen LogP contribution in [0.3, 0.4) is 0 Å². The van der Waals surface area contributed by atoms with E-state index in [-0.39, 0.29) is 18.0 Å². The number of unbranched alkanes of at least 4 members (excludes halogenated alkanes) is 1. The zero-order valence-corrected chi connectivity index (χ0v) is 9.66. The summed E-state index contributed by atoms with van der Waals surface area (Å²) in [6.07, 6.45) is 3.17. The number of aliphatic carboxylic acids is 1. The third-order valence-electron chi connectivity index (χ3n) is 2.29. The minimum absolute atomic E-state index is 0.0670. The summed E-state index contributed by atoms with van der Waals surface area (Å²) in [5.74, 6) is -1.29. The van der Waals surface area contributed by atoms with E-state index in [1.807, 2.05) is 6.92 Å². The van der Waals surface area contributed by atoms with Gasteiger partial charge in [-0.05, 0) is 26.2 Å². The molecule has 2 atom stereocenters. The second-order valence-electron chi connectivity index (χ2n) is 3.94. The molecule has 0 aliphatic heterocycles. The summed E-state index contributed by atoms with van der Waals surface area (Å²) >= 11 is 0. The lowest BCUT2D eigenvalue weighted by Gasteiger charge is -2.11. The Morgan fingerprint density at radius 1 is 1.20 bits per heavy atom. The van der Waals surface area contributed by atoms with Crippen LogP contribution in [0.5, 0.6) is 0 Å². The topological polar surface area (TPSA) is 63.6 Å². The van der Waals surface area contributed by atoms with Crippen LogP contribution in [0.15, 0.2) is 0 Å². The predicted octanol–water partition coefficient (Wildman–Crippen LogP) is 2.22. The van der Waals surface area contributed by atoms with Crippen LogP contribution in [0.25, 0.3) is 0 Å². The van der Waals surface area contributed by atoms with E-state index in [2.05, 4.69) is 0 Å². The molecule has 0 saturated heterocycles. The Morgan fingerprint density at radius 2 is 1.73 bits per heavy atom. The molecule has 0 fully saturated rings. The van der Waals surface area contributed by atoms with Crippen molar-refractivity contribution in [3.05, 3.63) is 0 Å². The van der Waals surface area contributed by atoms with Crippen LogP contribution in [-0.2, 0) is 14.3 Å². The molecule has 1 N–H and O–H groups in total. The van der Waals surface area contributed by atoms with Gasteiger partial charge in [-0.15, -0.1) is 0 Å². The SMILES string of the molecule is CC(=O)OC(C)CCCCC(C)C(=O)O. The van der Waals surface area contributed by atoms with E-state index in [0.717, 1.165) is 19.3 Å². The van der Waals surface area contributed by atoms with Crippen LogP contribution in [0.2, 0.25) is 0 Å². The van der Waals surface area contributed by atoms with Crippen LogP contribution in [0.1, 0.15) is 46.5 Å². The van der Waals surface area contributed by atoms with Gasteiger partial charge in [0.25, 0.3) is 0 Å². The third kappa shape index (κ3) is 7.97. The standard InChI is InChI=1S/C11H20O4/c1-8(11(13)14)6-4-5-7-9(2)15-10(3)12/h8-9H,4-7H2,1-3H3,(H,13,14). The molecule has 15 heavy (non-hydrogen) atoms. The van der Waals surface area contributed by atoms with Crippen molar-refractivity contribution in [2.45, 2.75) is 52.6 Å². The number of carbonyl (C=O) groups excluding carboxylic acids is 1. The summed E-state index contributed by atoms with van der Waals surface area (Å²) in [4.78, 5) is 21.1. The predicted molar refractivity (Wildman–Crippen MR) is 56.5 cm³/mol. The molecule has 0 aliphatic carbocycles. The average molecular weight is 216 g/mol. The molecule has 0 aliphatic rings. The van der Waals surface area contributed by atoms with Gasteiger partial charge in [0.05, 0.1) is 12.0 Å². The van der Waals surface area contributed by atoms with E-state index >= 15 is 0 Å². The fourth-order valence-electron chi connectivity index (χ4n) is 1.35. The average Bonchev–Trinajstić information content (AvgIpc) is 2.10. The van der Waals surface area contributed by atoms with E-state index in [0.29, 0.717) is 6.42 Å². The summed E-state index contributed by atoms with van der Waals surface area (Å²) in [5, 5.41) is 8.64. The van der Waals surface area contributed by atoms with Crippen molar-refractivity contribution in [3.63, 3.8) is 0 Å². The first kappa shape index (κ1) is 13.9. The summed E-state index contributed by atoms with van der Waals surface area (Å²) in [7, 11) is 0. The maximum Gasteiger partial charge on any atom is 0.306 e. The van der Waals surface area contributed by atoms with E-state index in [4.69, 9.17) is 9.84 Å². The summed E-state index contributed by atoms with van der Waals surface area (Å²) < 4.78 is 4.95. The smallest absolute Gasteiger partial charge is 0.306 e. The number of hydrogen-bond donors (Lipinski definition) is 1. The monoisotopic (exact) mass is 216 g/mol. The number of rotatable bonds is 7. The van der Waals surface area contributed by atoms with Gasteiger partial charge < -0.3 is 9.84 Å². The Balaban J connectivity index is 3.46. The highest BCUT2D eigenvalue weighted by Crippen LogP contribution is 2.11. The fourth-order valence-corrected chi connectivity index (χ4v) is 1.35. The summed E-state index contributed by atoms with van der Waals surface area (Å²) in [6.45, 7) is 4.95. The highest BCUT2D eigenvalue weighted by molar-refractivity contribution is 5.69. The highest BCUT2D eigenvalue weighted by Gasteiger charge is 2.10. The van der Waals surface area contributed by atoms with Crippen LogP contribution < -0.4 is 0 Å². The number of hydrogen-bond acceptors (Lipinski definition) is 3. The first-order chi connectivity index (χ1) is 6.93. The zero-order chi connectivity index (χ0) is 11.8. The fraction of sp³-hybridized carbons (Fsp3) is 0.818. The van der Waals surface area contributed by atoms with Gasteiger partial charge in [-0.3, -0.25) is 9.59 Å². The summed E-state index contributed by atoms with van der Waals surface area (Å²) in [5.41, 5.74) is 0. The van der Waals surface area contributed by atoms with Crippen LogP contribution in [-0.4, -0.2) is 23.1 Å². The molecule has 0 amide bonds. The third-order valence-corrected chi connectivity index (χ3v) is 2.29. The van der Waals surface area contributed by atoms with Gasteiger partial charge in [0.15, 0.2) is 0 Å². The molecule has 0 rings (SSSR count). The summed E-state index contributed by atoms with van der Waals surface area (Å²) in [6, 6.07) is 0. The molecule has 0 saturated carbocycles. The van der Waals surface area contributed by atoms with Gasteiger partial charge >= 0.3 is 11.9 Å². The molecular formula is C11H20O4. The Bertz CT molecular complexity index is 213. The number of ether oxygens (including phenoxy) is 1. The van der Waals surface area contributed by atoms with Crippen molar-refractivity contribution in [1.29, 1.82) is 0 Å². The Kier molecular flexibility index (Phi) is 6.75. The van der Waals surface area contributed by atoms with Crippen molar-refractivity contribution in [2.24, 2.45) is 5.92 Å². The lowest BCUT2D eigenvalue weighted by atomic mass is 10.0. The molecule has 0 aromatic rings. The van der Waals surface area contributed by atoms with Gasteiger partial charge in [0, 0.05) is 6.92 Å². The minimum atomic E-state index is -0.747.